The molecule has 0 saturated heterocycles. The largest absolute Gasteiger partial charge is 0.348 e. The van der Waals surface area contributed by atoms with E-state index >= 15 is 0 Å². The van der Waals surface area contributed by atoms with Crippen molar-refractivity contribution in [1.29, 1.82) is 0 Å². The minimum absolute atomic E-state index is 0.0880. The highest BCUT2D eigenvalue weighted by Crippen LogP contribution is 2.26. The van der Waals surface area contributed by atoms with Crippen LogP contribution in [0.15, 0.2) is 60.8 Å². The average molecular weight is 478 g/mol. The van der Waals surface area contributed by atoms with Gasteiger partial charge in [0.1, 0.15) is 0 Å². The molecule has 4 rings (SSSR count). The minimum Gasteiger partial charge on any atom is -0.348 e. The number of aromatic nitrogens is 3. The SMILES string of the molecule is Cc1ccc(-c2cc(C(=O)NCc3ccc(CS(N)(=O)=O)cc3)c3cnn(C(C)C)c3n2)cc1. The lowest BCUT2D eigenvalue weighted by Crippen LogP contribution is -2.23. The summed E-state index contributed by atoms with van der Waals surface area (Å²) < 4.78 is 24.3. The molecule has 8 nitrogen and oxygen atoms in total. The number of carbonyl (C=O) groups excluding carboxylic acids is 1. The van der Waals surface area contributed by atoms with Crippen LogP contribution in [0.4, 0.5) is 0 Å². The molecule has 0 saturated carbocycles. The van der Waals surface area contributed by atoms with Crippen LogP contribution in [0.1, 0.15) is 46.9 Å². The van der Waals surface area contributed by atoms with Crippen molar-refractivity contribution in [3.05, 3.63) is 83.0 Å². The molecule has 1 amide bonds. The maximum Gasteiger partial charge on any atom is 0.252 e. The zero-order valence-electron chi connectivity index (χ0n) is 19.3. The third-order valence-corrected chi connectivity index (χ3v) is 6.23. The fraction of sp³-hybridized carbons (Fsp3) is 0.240. The number of pyridine rings is 1. The van der Waals surface area contributed by atoms with Gasteiger partial charge in [0.05, 0.1) is 28.6 Å². The quantitative estimate of drug-likeness (QED) is 0.420. The van der Waals surface area contributed by atoms with Crippen molar-refractivity contribution >= 4 is 27.0 Å². The van der Waals surface area contributed by atoms with Crippen LogP contribution in [-0.4, -0.2) is 29.1 Å². The second-order valence-corrected chi connectivity index (χ2v) is 10.3. The molecule has 176 valence electrons. The molecule has 2 aromatic carbocycles. The fourth-order valence-electron chi connectivity index (χ4n) is 3.72. The lowest BCUT2D eigenvalue weighted by atomic mass is 10.0. The summed E-state index contributed by atoms with van der Waals surface area (Å²) in [5.74, 6) is -0.464. The molecule has 0 aliphatic heterocycles. The van der Waals surface area contributed by atoms with Crippen LogP contribution in [0.25, 0.3) is 22.3 Å². The Labute approximate surface area is 198 Å². The van der Waals surface area contributed by atoms with Crippen molar-refractivity contribution in [2.45, 2.75) is 39.1 Å². The predicted octanol–water partition coefficient (Wildman–Crippen LogP) is 3.71. The Bertz CT molecular complexity index is 1440. The monoisotopic (exact) mass is 477 g/mol. The number of nitrogens with one attached hydrogen (secondary N) is 1. The molecule has 0 bridgehead atoms. The molecule has 9 heteroatoms. The number of sulfonamides is 1. The van der Waals surface area contributed by atoms with E-state index in [0.29, 0.717) is 27.9 Å². The number of benzene rings is 2. The van der Waals surface area contributed by atoms with Gasteiger partial charge in [-0.2, -0.15) is 5.10 Å². The second-order valence-electron chi connectivity index (χ2n) is 8.65. The Hall–Kier alpha value is -3.56. The van der Waals surface area contributed by atoms with Gasteiger partial charge in [0.2, 0.25) is 10.0 Å². The molecular weight excluding hydrogens is 450 g/mol. The van der Waals surface area contributed by atoms with Gasteiger partial charge in [0.25, 0.3) is 5.91 Å². The van der Waals surface area contributed by atoms with Crippen molar-refractivity contribution in [3.63, 3.8) is 0 Å². The molecule has 34 heavy (non-hydrogen) atoms. The molecule has 0 atom stereocenters. The summed E-state index contributed by atoms with van der Waals surface area (Å²) in [6.45, 7) is 6.35. The zero-order valence-corrected chi connectivity index (χ0v) is 20.1. The molecule has 2 aromatic heterocycles. The molecule has 2 heterocycles. The summed E-state index contributed by atoms with van der Waals surface area (Å²) in [7, 11) is -3.59. The summed E-state index contributed by atoms with van der Waals surface area (Å²) in [6.07, 6.45) is 1.68. The number of carbonyl (C=O) groups is 1. The minimum atomic E-state index is -3.59. The number of primary sulfonamides is 1. The van der Waals surface area contributed by atoms with Crippen LogP contribution in [-0.2, 0) is 22.3 Å². The van der Waals surface area contributed by atoms with Gasteiger partial charge in [0, 0.05) is 18.2 Å². The number of hydrogen-bond acceptors (Lipinski definition) is 5. The maximum absolute atomic E-state index is 13.2. The van der Waals surface area contributed by atoms with Crippen LogP contribution in [0.2, 0.25) is 0 Å². The van der Waals surface area contributed by atoms with Crippen LogP contribution >= 0.6 is 0 Å². The molecule has 0 fully saturated rings. The van der Waals surface area contributed by atoms with Gasteiger partial charge in [-0.1, -0.05) is 54.1 Å². The number of nitrogens with two attached hydrogens (primary N) is 1. The van der Waals surface area contributed by atoms with Crippen molar-refractivity contribution in [3.8, 4) is 11.3 Å². The summed E-state index contributed by atoms with van der Waals surface area (Å²) in [6, 6.07) is 16.8. The van der Waals surface area contributed by atoms with Gasteiger partial charge in [0.15, 0.2) is 5.65 Å². The summed E-state index contributed by atoms with van der Waals surface area (Å²) in [5.41, 5.74) is 5.36. The first-order chi connectivity index (χ1) is 16.1. The van der Waals surface area contributed by atoms with Crippen LogP contribution in [0, 0.1) is 6.92 Å². The normalized spacial score (nSPS) is 11.8. The van der Waals surface area contributed by atoms with E-state index in [1.807, 2.05) is 49.7 Å². The van der Waals surface area contributed by atoms with Crippen LogP contribution in [0.3, 0.4) is 0 Å². The van der Waals surface area contributed by atoms with E-state index < -0.39 is 10.0 Å². The van der Waals surface area contributed by atoms with Gasteiger partial charge in [-0.25, -0.2) is 23.2 Å². The van der Waals surface area contributed by atoms with E-state index in [9.17, 15) is 13.2 Å². The van der Waals surface area contributed by atoms with Gasteiger partial charge in [-0.05, 0) is 38.0 Å². The zero-order chi connectivity index (χ0) is 24.5. The Morgan fingerprint density at radius 1 is 1.06 bits per heavy atom. The number of rotatable bonds is 7. The first kappa shape index (κ1) is 23.6. The highest BCUT2D eigenvalue weighted by atomic mass is 32.2. The predicted molar refractivity (Wildman–Crippen MR) is 133 cm³/mol. The van der Waals surface area contributed by atoms with E-state index in [2.05, 4.69) is 10.4 Å². The Morgan fingerprint density at radius 2 is 1.71 bits per heavy atom. The summed E-state index contributed by atoms with van der Waals surface area (Å²) in [4.78, 5) is 18.0. The van der Waals surface area contributed by atoms with E-state index in [1.165, 1.54) is 0 Å². The lowest BCUT2D eigenvalue weighted by Gasteiger charge is -2.11. The summed E-state index contributed by atoms with van der Waals surface area (Å²) >= 11 is 0. The van der Waals surface area contributed by atoms with Crippen molar-refractivity contribution in [2.24, 2.45) is 5.14 Å². The third kappa shape index (κ3) is 5.32. The molecule has 0 unspecified atom stereocenters. The second kappa shape index (κ2) is 9.36. The third-order valence-electron chi connectivity index (χ3n) is 5.49. The Balaban J connectivity index is 1.63. The van der Waals surface area contributed by atoms with Crippen LogP contribution < -0.4 is 10.5 Å². The standard InChI is InChI=1S/C25H27N5O3S/c1-16(2)30-24-22(14-28-30)21(12-23(29-24)20-10-4-17(3)5-11-20)25(31)27-13-18-6-8-19(9-7-18)15-34(26,32)33/h4-12,14,16H,13,15H2,1-3H3,(H,27,31)(H2,26,32,33). The highest BCUT2D eigenvalue weighted by Gasteiger charge is 2.18. The topological polar surface area (TPSA) is 120 Å². The first-order valence-electron chi connectivity index (χ1n) is 10.9. The Kier molecular flexibility index (Phi) is 6.49. The van der Waals surface area contributed by atoms with Crippen LogP contribution in [0.5, 0.6) is 0 Å². The first-order valence-corrected chi connectivity index (χ1v) is 12.6. The van der Waals surface area contributed by atoms with Crippen molar-refractivity contribution in [2.75, 3.05) is 0 Å². The molecule has 0 aliphatic carbocycles. The lowest BCUT2D eigenvalue weighted by molar-refractivity contribution is 0.0952. The number of fused-ring (bicyclic) bond motifs is 1. The maximum atomic E-state index is 13.2. The van der Waals surface area contributed by atoms with E-state index in [-0.39, 0.29) is 24.2 Å². The molecule has 3 N–H and O–H groups in total. The van der Waals surface area contributed by atoms with E-state index in [1.54, 1.807) is 36.5 Å². The van der Waals surface area contributed by atoms with Crippen molar-refractivity contribution in [1.82, 2.24) is 20.1 Å². The molecule has 0 radical (unpaired) electrons. The van der Waals surface area contributed by atoms with Gasteiger partial charge in [-0.15, -0.1) is 0 Å². The van der Waals surface area contributed by atoms with Gasteiger partial charge >= 0.3 is 0 Å². The number of nitrogens with zero attached hydrogens (tertiary/aromatic N) is 3. The molecular formula is C25H27N5O3S. The van der Waals surface area contributed by atoms with Gasteiger partial charge in [-0.3, -0.25) is 4.79 Å². The van der Waals surface area contributed by atoms with Gasteiger partial charge < -0.3 is 5.32 Å². The van der Waals surface area contributed by atoms with E-state index in [4.69, 9.17) is 10.1 Å². The molecule has 0 aliphatic rings. The highest BCUT2D eigenvalue weighted by molar-refractivity contribution is 7.88. The number of aryl methyl sites for hydroxylation is 1. The smallest absolute Gasteiger partial charge is 0.252 e. The summed E-state index contributed by atoms with van der Waals surface area (Å²) in [5, 5.41) is 13.2. The molecule has 4 aromatic rings. The molecule has 0 spiro atoms. The average Bonchev–Trinajstić information content (AvgIpc) is 3.21. The number of amides is 1. The van der Waals surface area contributed by atoms with Crippen molar-refractivity contribution < 1.29 is 13.2 Å². The fourth-order valence-corrected chi connectivity index (χ4v) is 4.38. The number of hydrogen-bond donors (Lipinski definition) is 2. The Morgan fingerprint density at radius 3 is 2.32 bits per heavy atom. The van der Waals surface area contributed by atoms with E-state index in [0.717, 1.165) is 16.7 Å².